The largest absolute Gasteiger partial charge is 0.497 e. The van der Waals surface area contributed by atoms with Gasteiger partial charge in [-0.25, -0.2) is 0 Å². The van der Waals surface area contributed by atoms with Crippen molar-refractivity contribution in [3.05, 3.63) is 29.8 Å². The van der Waals surface area contributed by atoms with E-state index in [9.17, 15) is 4.79 Å². The summed E-state index contributed by atoms with van der Waals surface area (Å²) in [4.78, 5) is 14.6. The molecule has 6 heteroatoms. The minimum atomic E-state index is -0.381. The molecule has 0 aromatic heterocycles. The van der Waals surface area contributed by atoms with E-state index >= 15 is 0 Å². The van der Waals surface area contributed by atoms with Gasteiger partial charge in [0.05, 0.1) is 13.2 Å². The number of nitrogens with zero attached hydrogens (tertiary/aromatic N) is 1. The normalized spacial score (nSPS) is 22.8. The topological polar surface area (TPSA) is 64.8 Å². The maximum Gasteiger partial charge on any atom is 0.239 e. The Morgan fingerprint density at radius 3 is 2.54 bits per heavy atom. The minimum Gasteiger partial charge on any atom is -0.497 e. The Morgan fingerprint density at radius 2 is 1.92 bits per heavy atom. The van der Waals surface area contributed by atoms with E-state index in [-0.39, 0.29) is 30.3 Å². The maximum atomic E-state index is 12.7. The highest BCUT2D eigenvalue weighted by molar-refractivity contribution is 5.85. The second-order valence-corrected chi connectivity index (χ2v) is 6.52. The smallest absolute Gasteiger partial charge is 0.239 e. The summed E-state index contributed by atoms with van der Waals surface area (Å²) in [7, 11) is 1.67. The Labute approximate surface area is 149 Å². The van der Waals surface area contributed by atoms with Gasteiger partial charge in [-0.1, -0.05) is 12.1 Å². The lowest BCUT2D eigenvalue weighted by atomic mass is 9.91. The fourth-order valence-corrected chi connectivity index (χ4v) is 3.60. The molecule has 0 radical (unpaired) electrons. The average molecular weight is 355 g/mol. The van der Waals surface area contributed by atoms with E-state index in [1.807, 2.05) is 17.0 Å². The molecular formula is C18H27ClN2O3. The Kier molecular flexibility index (Phi) is 6.90. The lowest BCUT2D eigenvalue weighted by Crippen LogP contribution is -2.48. The molecule has 0 bridgehead atoms. The summed E-state index contributed by atoms with van der Waals surface area (Å²) in [6.07, 6.45) is 2.78. The number of hydrogen-bond acceptors (Lipinski definition) is 4. The number of amides is 1. The number of benzene rings is 1. The van der Waals surface area contributed by atoms with Crippen molar-refractivity contribution in [2.75, 3.05) is 33.4 Å². The summed E-state index contributed by atoms with van der Waals surface area (Å²) >= 11 is 0. The molecule has 0 saturated carbocycles. The van der Waals surface area contributed by atoms with Crippen molar-refractivity contribution < 1.29 is 14.3 Å². The molecule has 24 heavy (non-hydrogen) atoms. The molecule has 2 atom stereocenters. The summed E-state index contributed by atoms with van der Waals surface area (Å²) in [5.74, 6) is 1.62. The molecule has 2 N–H and O–H groups in total. The highest BCUT2D eigenvalue weighted by Crippen LogP contribution is 2.29. The fourth-order valence-electron chi connectivity index (χ4n) is 3.60. The van der Waals surface area contributed by atoms with E-state index in [1.165, 1.54) is 5.56 Å². The van der Waals surface area contributed by atoms with E-state index < -0.39 is 0 Å². The number of ether oxygens (including phenoxy) is 2. The zero-order valence-electron chi connectivity index (χ0n) is 14.1. The Hall–Kier alpha value is -1.30. The predicted molar refractivity (Wildman–Crippen MR) is 95.7 cm³/mol. The SMILES string of the molecule is COc1ccc(C2CCN(C(=O)C(N)C3CCOCC3)C2)cc1.Cl. The molecule has 3 rings (SSSR count). The van der Waals surface area contributed by atoms with Gasteiger partial charge in [-0.3, -0.25) is 4.79 Å². The molecule has 0 spiro atoms. The standard InChI is InChI=1S/C18H26N2O3.ClH/c1-22-16-4-2-13(3-5-16)15-6-9-20(12-15)18(21)17(19)14-7-10-23-11-8-14;/h2-5,14-15,17H,6-12,19H2,1H3;1H. The first-order valence-electron chi connectivity index (χ1n) is 8.45. The number of nitrogens with two attached hydrogens (primary N) is 1. The van der Waals surface area contributed by atoms with E-state index in [4.69, 9.17) is 15.2 Å². The monoisotopic (exact) mass is 354 g/mol. The molecule has 134 valence electrons. The van der Waals surface area contributed by atoms with E-state index in [2.05, 4.69) is 12.1 Å². The van der Waals surface area contributed by atoms with Gasteiger partial charge < -0.3 is 20.1 Å². The first-order chi connectivity index (χ1) is 11.2. The number of rotatable bonds is 4. The number of methoxy groups -OCH3 is 1. The highest BCUT2D eigenvalue weighted by Gasteiger charge is 2.34. The van der Waals surface area contributed by atoms with Crippen molar-refractivity contribution in [3.63, 3.8) is 0 Å². The van der Waals surface area contributed by atoms with Gasteiger partial charge in [-0.05, 0) is 42.9 Å². The van der Waals surface area contributed by atoms with Gasteiger partial charge in [-0.2, -0.15) is 0 Å². The van der Waals surface area contributed by atoms with Crippen LogP contribution in [0.2, 0.25) is 0 Å². The molecule has 2 saturated heterocycles. The summed E-state index contributed by atoms with van der Waals surface area (Å²) in [6.45, 7) is 3.01. The number of carbonyl (C=O) groups is 1. The van der Waals surface area contributed by atoms with E-state index in [1.54, 1.807) is 7.11 Å². The molecule has 5 nitrogen and oxygen atoms in total. The van der Waals surface area contributed by atoms with Crippen LogP contribution in [-0.4, -0.2) is 50.3 Å². The summed E-state index contributed by atoms with van der Waals surface area (Å²) in [6, 6.07) is 7.76. The van der Waals surface area contributed by atoms with Crippen molar-refractivity contribution >= 4 is 18.3 Å². The van der Waals surface area contributed by atoms with Crippen molar-refractivity contribution in [2.45, 2.75) is 31.2 Å². The zero-order chi connectivity index (χ0) is 16.2. The minimum absolute atomic E-state index is 0. The van der Waals surface area contributed by atoms with Gasteiger partial charge in [-0.15, -0.1) is 12.4 Å². The number of hydrogen-bond donors (Lipinski definition) is 1. The molecule has 1 aromatic rings. The fraction of sp³-hybridized carbons (Fsp3) is 0.611. The molecule has 0 aliphatic carbocycles. The van der Waals surface area contributed by atoms with Crippen LogP contribution < -0.4 is 10.5 Å². The van der Waals surface area contributed by atoms with Gasteiger partial charge in [0, 0.05) is 32.2 Å². The van der Waals surface area contributed by atoms with Crippen LogP contribution in [0.1, 0.15) is 30.7 Å². The van der Waals surface area contributed by atoms with Crippen LogP contribution in [0.15, 0.2) is 24.3 Å². The van der Waals surface area contributed by atoms with Crippen LogP contribution >= 0.6 is 12.4 Å². The van der Waals surface area contributed by atoms with Crippen molar-refractivity contribution in [3.8, 4) is 5.75 Å². The van der Waals surface area contributed by atoms with Crippen LogP contribution in [0.3, 0.4) is 0 Å². The Morgan fingerprint density at radius 1 is 1.25 bits per heavy atom. The highest BCUT2D eigenvalue weighted by atomic mass is 35.5. The average Bonchev–Trinajstić information content (AvgIpc) is 3.11. The van der Waals surface area contributed by atoms with Crippen LogP contribution in [0.5, 0.6) is 5.75 Å². The summed E-state index contributed by atoms with van der Waals surface area (Å²) in [5, 5.41) is 0. The number of carbonyl (C=O) groups excluding carboxylic acids is 1. The van der Waals surface area contributed by atoms with Gasteiger partial charge in [0.25, 0.3) is 0 Å². The zero-order valence-corrected chi connectivity index (χ0v) is 15.0. The van der Waals surface area contributed by atoms with Crippen molar-refractivity contribution in [1.29, 1.82) is 0 Å². The van der Waals surface area contributed by atoms with Crippen LogP contribution in [0.4, 0.5) is 0 Å². The van der Waals surface area contributed by atoms with Gasteiger partial charge in [0.2, 0.25) is 5.91 Å². The lowest BCUT2D eigenvalue weighted by molar-refractivity contribution is -0.133. The molecule has 2 heterocycles. The summed E-state index contributed by atoms with van der Waals surface area (Å²) in [5.41, 5.74) is 7.50. The van der Waals surface area contributed by atoms with Gasteiger partial charge in [0.15, 0.2) is 0 Å². The molecule has 2 fully saturated rings. The second-order valence-electron chi connectivity index (χ2n) is 6.52. The van der Waals surface area contributed by atoms with E-state index in [0.29, 0.717) is 5.92 Å². The maximum absolute atomic E-state index is 12.7. The Bertz CT molecular complexity index is 532. The first kappa shape index (κ1) is 19.0. The van der Waals surface area contributed by atoms with Crippen molar-refractivity contribution in [1.82, 2.24) is 4.90 Å². The lowest BCUT2D eigenvalue weighted by Gasteiger charge is -2.29. The molecular weight excluding hydrogens is 328 g/mol. The van der Waals surface area contributed by atoms with Gasteiger partial charge in [0.1, 0.15) is 5.75 Å². The van der Waals surface area contributed by atoms with Crippen molar-refractivity contribution in [2.24, 2.45) is 11.7 Å². The predicted octanol–water partition coefficient (Wildman–Crippen LogP) is 2.19. The van der Waals surface area contributed by atoms with E-state index in [0.717, 1.165) is 51.3 Å². The molecule has 1 aromatic carbocycles. The summed E-state index contributed by atoms with van der Waals surface area (Å²) < 4.78 is 10.6. The second kappa shape index (κ2) is 8.70. The Balaban J connectivity index is 0.00000208. The third-order valence-electron chi connectivity index (χ3n) is 5.15. The first-order valence-corrected chi connectivity index (χ1v) is 8.45. The van der Waals surface area contributed by atoms with Crippen LogP contribution in [-0.2, 0) is 9.53 Å². The number of likely N-dealkylation sites (tertiary alicyclic amines) is 1. The quantitative estimate of drug-likeness (QED) is 0.900. The molecule has 2 aliphatic rings. The third-order valence-corrected chi connectivity index (χ3v) is 5.15. The molecule has 1 amide bonds. The van der Waals surface area contributed by atoms with Crippen LogP contribution in [0.25, 0.3) is 0 Å². The number of halogens is 1. The third kappa shape index (κ3) is 4.21. The van der Waals surface area contributed by atoms with Crippen LogP contribution in [0, 0.1) is 5.92 Å². The molecule has 2 unspecified atom stereocenters. The van der Waals surface area contributed by atoms with Gasteiger partial charge >= 0.3 is 0 Å². The molecule has 2 aliphatic heterocycles.